The van der Waals surface area contributed by atoms with E-state index in [1.807, 2.05) is 0 Å². The molecule has 22 heavy (non-hydrogen) atoms. The maximum absolute atomic E-state index is 5.96. The molecule has 0 saturated heterocycles. The van der Waals surface area contributed by atoms with Crippen LogP contribution in [0.4, 0.5) is 0 Å². The van der Waals surface area contributed by atoms with Crippen molar-refractivity contribution in [1.29, 1.82) is 0 Å². The summed E-state index contributed by atoms with van der Waals surface area (Å²) in [5, 5.41) is 0. The molecule has 1 aromatic carbocycles. The van der Waals surface area contributed by atoms with Gasteiger partial charge < -0.3 is 5.73 Å². The lowest BCUT2D eigenvalue weighted by molar-refractivity contribution is 0.463. The van der Waals surface area contributed by atoms with Gasteiger partial charge in [0.15, 0.2) is 0 Å². The highest BCUT2D eigenvalue weighted by atomic mass is 14.5. The van der Waals surface area contributed by atoms with Crippen LogP contribution in [0.15, 0.2) is 42.5 Å². The van der Waals surface area contributed by atoms with E-state index in [2.05, 4.69) is 56.4 Å². The lowest BCUT2D eigenvalue weighted by atomic mass is 9.80. The molecule has 1 unspecified atom stereocenters. The fourth-order valence-electron chi connectivity index (χ4n) is 3.54. The third kappa shape index (κ3) is 4.58. The zero-order chi connectivity index (χ0) is 15.8. The van der Waals surface area contributed by atoms with Gasteiger partial charge in [-0.3, -0.25) is 0 Å². The van der Waals surface area contributed by atoms with Crippen LogP contribution < -0.4 is 5.73 Å². The van der Waals surface area contributed by atoms with Gasteiger partial charge in [-0.1, -0.05) is 55.8 Å². The van der Waals surface area contributed by atoms with E-state index in [1.165, 1.54) is 44.1 Å². The van der Waals surface area contributed by atoms with Crippen LogP contribution in [0, 0.1) is 5.92 Å². The third-order valence-corrected chi connectivity index (χ3v) is 4.86. The van der Waals surface area contributed by atoms with E-state index in [-0.39, 0.29) is 0 Å². The summed E-state index contributed by atoms with van der Waals surface area (Å²) in [6.07, 6.45) is 16.1. The molecule has 0 bridgehead atoms. The maximum atomic E-state index is 5.96. The fraction of sp³-hybridized carbons (Fsp3) is 0.524. The first kappa shape index (κ1) is 17.0. The Labute approximate surface area is 136 Å². The van der Waals surface area contributed by atoms with E-state index in [9.17, 15) is 0 Å². The zero-order valence-corrected chi connectivity index (χ0v) is 14.2. The largest absolute Gasteiger partial charge is 0.330 e. The molecule has 1 heteroatoms. The van der Waals surface area contributed by atoms with Crippen molar-refractivity contribution in [3.63, 3.8) is 0 Å². The average Bonchev–Trinajstić information content (AvgIpc) is 2.56. The number of hydrogen-bond donors (Lipinski definition) is 1. The minimum Gasteiger partial charge on any atom is -0.330 e. The first-order valence-corrected chi connectivity index (χ1v) is 8.88. The Balaban J connectivity index is 2.01. The molecule has 0 fully saturated rings. The van der Waals surface area contributed by atoms with E-state index in [4.69, 9.17) is 5.73 Å². The molecule has 0 saturated carbocycles. The predicted octanol–water partition coefficient (Wildman–Crippen LogP) is 5.16. The summed E-state index contributed by atoms with van der Waals surface area (Å²) in [6.45, 7) is 5.07. The molecule has 2 atom stereocenters. The average molecular weight is 297 g/mol. The Morgan fingerprint density at radius 2 is 2.14 bits per heavy atom. The zero-order valence-electron chi connectivity index (χ0n) is 14.2. The molecule has 1 aliphatic carbocycles. The standard InChI is InChI=1S/C21H31N/c1-3-5-6-7-9-17-10-11-19-15-20(13-12-18(19)14-17)21(16-22)8-4-2/h3,5-7,12-13,15,17,21H,4,8-11,14,16,22H2,1-2H3/b5-3-,7-6-/t17-,21?/m1/s1. The molecule has 0 amide bonds. The van der Waals surface area contributed by atoms with Crippen LogP contribution in [0.5, 0.6) is 0 Å². The smallest absolute Gasteiger partial charge is 0.000824 e. The number of rotatable bonds is 7. The van der Waals surface area contributed by atoms with Crippen LogP contribution in [0.3, 0.4) is 0 Å². The van der Waals surface area contributed by atoms with Crippen LogP contribution in [0.1, 0.15) is 62.1 Å². The van der Waals surface area contributed by atoms with Crippen molar-refractivity contribution in [2.75, 3.05) is 6.54 Å². The van der Waals surface area contributed by atoms with Crippen molar-refractivity contribution >= 4 is 0 Å². The molecule has 1 aromatic rings. The van der Waals surface area contributed by atoms with Crippen LogP contribution in [-0.4, -0.2) is 6.54 Å². The molecule has 2 rings (SSSR count). The molecule has 1 aliphatic rings. The molecule has 1 nitrogen and oxygen atoms in total. The molecule has 0 radical (unpaired) electrons. The van der Waals surface area contributed by atoms with Gasteiger partial charge in [0.25, 0.3) is 0 Å². The Kier molecular flexibility index (Phi) is 6.92. The minimum absolute atomic E-state index is 0.539. The second-order valence-corrected chi connectivity index (χ2v) is 6.55. The number of hydrogen-bond acceptors (Lipinski definition) is 1. The summed E-state index contributed by atoms with van der Waals surface area (Å²) < 4.78 is 0. The van der Waals surface area contributed by atoms with Crippen molar-refractivity contribution in [2.45, 2.75) is 58.3 Å². The highest BCUT2D eigenvalue weighted by Crippen LogP contribution is 2.31. The second kappa shape index (κ2) is 8.95. The first-order chi connectivity index (χ1) is 10.8. The Morgan fingerprint density at radius 1 is 1.27 bits per heavy atom. The quantitative estimate of drug-likeness (QED) is 0.691. The normalized spacial score (nSPS) is 19.7. The molecule has 0 aliphatic heterocycles. The van der Waals surface area contributed by atoms with Crippen LogP contribution in [0.2, 0.25) is 0 Å². The van der Waals surface area contributed by atoms with Crippen molar-refractivity contribution in [3.05, 3.63) is 59.2 Å². The van der Waals surface area contributed by atoms with Gasteiger partial charge in [-0.15, -0.1) is 0 Å². The Hall–Kier alpha value is -1.34. The third-order valence-electron chi connectivity index (χ3n) is 4.86. The van der Waals surface area contributed by atoms with Crippen molar-refractivity contribution in [1.82, 2.24) is 0 Å². The molecular formula is C21H31N. The van der Waals surface area contributed by atoms with Gasteiger partial charge >= 0.3 is 0 Å². The summed E-state index contributed by atoms with van der Waals surface area (Å²) in [5.41, 5.74) is 10.5. The topological polar surface area (TPSA) is 26.0 Å². The van der Waals surface area contributed by atoms with Gasteiger partial charge in [-0.2, -0.15) is 0 Å². The summed E-state index contributed by atoms with van der Waals surface area (Å²) in [4.78, 5) is 0. The van der Waals surface area contributed by atoms with Gasteiger partial charge in [0.2, 0.25) is 0 Å². The summed E-state index contributed by atoms with van der Waals surface area (Å²) in [6, 6.07) is 7.13. The van der Waals surface area contributed by atoms with E-state index in [0.29, 0.717) is 5.92 Å². The summed E-state index contributed by atoms with van der Waals surface area (Å²) >= 11 is 0. The maximum Gasteiger partial charge on any atom is -0.000824 e. The first-order valence-electron chi connectivity index (χ1n) is 8.88. The fourth-order valence-corrected chi connectivity index (χ4v) is 3.54. The van der Waals surface area contributed by atoms with Crippen molar-refractivity contribution in [2.24, 2.45) is 11.7 Å². The van der Waals surface area contributed by atoms with Gasteiger partial charge in [-0.25, -0.2) is 0 Å². The number of benzene rings is 1. The summed E-state index contributed by atoms with van der Waals surface area (Å²) in [7, 11) is 0. The number of allylic oxidation sites excluding steroid dienone is 4. The van der Waals surface area contributed by atoms with Gasteiger partial charge in [0.05, 0.1) is 0 Å². The van der Waals surface area contributed by atoms with Gasteiger partial charge in [-0.05, 0) is 74.1 Å². The van der Waals surface area contributed by atoms with E-state index in [0.717, 1.165) is 12.5 Å². The Bertz CT molecular complexity index is 513. The van der Waals surface area contributed by atoms with Crippen molar-refractivity contribution < 1.29 is 0 Å². The molecular weight excluding hydrogens is 266 g/mol. The molecule has 0 aromatic heterocycles. The van der Waals surface area contributed by atoms with E-state index in [1.54, 1.807) is 11.1 Å². The lowest BCUT2D eigenvalue weighted by Crippen LogP contribution is -2.16. The highest BCUT2D eigenvalue weighted by molar-refractivity contribution is 5.36. The van der Waals surface area contributed by atoms with Crippen LogP contribution in [0.25, 0.3) is 0 Å². The minimum atomic E-state index is 0.539. The molecule has 0 heterocycles. The van der Waals surface area contributed by atoms with Crippen LogP contribution in [-0.2, 0) is 12.8 Å². The molecule has 2 N–H and O–H groups in total. The predicted molar refractivity (Wildman–Crippen MR) is 97.2 cm³/mol. The monoisotopic (exact) mass is 297 g/mol. The van der Waals surface area contributed by atoms with E-state index >= 15 is 0 Å². The van der Waals surface area contributed by atoms with Gasteiger partial charge in [0.1, 0.15) is 0 Å². The summed E-state index contributed by atoms with van der Waals surface area (Å²) in [5.74, 6) is 1.34. The van der Waals surface area contributed by atoms with Crippen LogP contribution >= 0.6 is 0 Å². The number of fused-ring (bicyclic) bond motifs is 1. The molecule has 0 spiro atoms. The number of aryl methyl sites for hydroxylation is 1. The lowest BCUT2D eigenvalue weighted by Gasteiger charge is -2.25. The highest BCUT2D eigenvalue weighted by Gasteiger charge is 2.19. The second-order valence-electron chi connectivity index (χ2n) is 6.55. The molecule has 120 valence electrons. The van der Waals surface area contributed by atoms with E-state index < -0.39 is 0 Å². The van der Waals surface area contributed by atoms with Gasteiger partial charge in [0, 0.05) is 0 Å². The SMILES string of the molecule is C/C=C\C=C/C[C@@H]1CCc2cc(C(CN)CCC)ccc2C1. The Morgan fingerprint density at radius 3 is 2.86 bits per heavy atom. The van der Waals surface area contributed by atoms with Crippen molar-refractivity contribution in [3.8, 4) is 0 Å². The number of nitrogens with two attached hydrogens (primary N) is 1.